The van der Waals surface area contributed by atoms with Crippen LogP contribution in [0, 0.1) is 5.92 Å². The third-order valence-electron chi connectivity index (χ3n) is 3.77. The second-order valence-electron chi connectivity index (χ2n) is 6.39. The van der Waals surface area contributed by atoms with E-state index < -0.39 is 0 Å². The SMILES string of the molecule is COc1cc(/C=N/NC(=O)c2ccc(OCC(C)C)cc2)cc(OC)c1OC. The number of hydrogen-bond acceptors (Lipinski definition) is 6. The first-order valence-electron chi connectivity index (χ1n) is 8.84. The molecule has 1 N–H and O–H groups in total. The molecule has 0 fully saturated rings. The molecular weight excluding hydrogens is 360 g/mol. The average molecular weight is 386 g/mol. The fraction of sp³-hybridized carbons (Fsp3) is 0.333. The van der Waals surface area contributed by atoms with Gasteiger partial charge in [0.15, 0.2) is 11.5 Å². The van der Waals surface area contributed by atoms with E-state index in [2.05, 4.69) is 24.4 Å². The van der Waals surface area contributed by atoms with Crippen molar-refractivity contribution in [2.24, 2.45) is 11.0 Å². The highest BCUT2D eigenvalue weighted by Gasteiger charge is 2.12. The number of nitrogens with one attached hydrogen (secondary N) is 1. The van der Waals surface area contributed by atoms with Crippen molar-refractivity contribution >= 4 is 12.1 Å². The van der Waals surface area contributed by atoms with Gasteiger partial charge in [0, 0.05) is 11.1 Å². The molecule has 150 valence electrons. The highest BCUT2D eigenvalue weighted by Crippen LogP contribution is 2.37. The van der Waals surface area contributed by atoms with Crippen molar-refractivity contribution in [1.29, 1.82) is 0 Å². The Morgan fingerprint density at radius 1 is 1.04 bits per heavy atom. The second-order valence-corrected chi connectivity index (χ2v) is 6.39. The summed E-state index contributed by atoms with van der Waals surface area (Å²) in [6.45, 7) is 4.78. The van der Waals surface area contributed by atoms with Crippen LogP contribution in [-0.4, -0.2) is 40.1 Å². The zero-order chi connectivity index (χ0) is 20.5. The molecule has 2 aromatic carbocycles. The Hall–Kier alpha value is -3.22. The van der Waals surface area contributed by atoms with E-state index in [1.807, 2.05) is 0 Å². The summed E-state index contributed by atoms with van der Waals surface area (Å²) in [6.07, 6.45) is 1.50. The number of rotatable bonds is 9. The van der Waals surface area contributed by atoms with Crippen LogP contribution in [0.1, 0.15) is 29.8 Å². The lowest BCUT2D eigenvalue weighted by molar-refractivity contribution is 0.0955. The number of benzene rings is 2. The summed E-state index contributed by atoms with van der Waals surface area (Å²) in [7, 11) is 4.61. The molecule has 2 rings (SSSR count). The first-order chi connectivity index (χ1) is 13.5. The molecule has 0 heterocycles. The van der Waals surface area contributed by atoms with Gasteiger partial charge in [-0.1, -0.05) is 13.8 Å². The lowest BCUT2D eigenvalue weighted by Crippen LogP contribution is -2.17. The Morgan fingerprint density at radius 3 is 2.14 bits per heavy atom. The summed E-state index contributed by atoms with van der Waals surface area (Å²) in [5.74, 6) is 2.35. The van der Waals surface area contributed by atoms with Gasteiger partial charge in [0.05, 0.1) is 34.2 Å². The van der Waals surface area contributed by atoms with Crippen molar-refractivity contribution in [3.8, 4) is 23.0 Å². The molecule has 1 amide bonds. The molecule has 0 aliphatic heterocycles. The molecule has 28 heavy (non-hydrogen) atoms. The van der Waals surface area contributed by atoms with Crippen LogP contribution in [0.15, 0.2) is 41.5 Å². The highest BCUT2D eigenvalue weighted by atomic mass is 16.5. The second kappa shape index (κ2) is 10.2. The molecule has 7 heteroatoms. The number of methoxy groups -OCH3 is 3. The lowest BCUT2D eigenvalue weighted by Gasteiger charge is -2.12. The van der Waals surface area contributed by atoms with Gasteiger partial charge in [-0.15, -0.1) is 0 Å². The summed E-state index contributed by atoms with van der Waals surface area (Å²) in [4.78, 5) is 12.2. The highest BCUT2D eigenvalue weighted by molar-refractivity contribution is 5.95. The summed E-state index contributed by atoms with van der Waals surface area (Å²) in [5.41, 5.74) is 3.67. The van der Waals surface area contributed by atoms with Crippen LogP contribution in [-0.2, 0) is 0 Å². The molecule has 0 saturated heterocycles. The van der Waals surface area contributed by atoms with Crippen LogP contribution in [0.2, 0.25) is 0 Å². The largest absolute Gasteiger partial charge is 0.493 e. The zero-order valence-corrected chi connectivity index (χ0v) is 16.8. The quantitative estimate of drug-likeness (QED) is 0.527. The van der Waals surface area contributed by atoms with E-state index in [1.54, 1.807) is 36.4 Å². The number of nitrogens with zero attached hydrogens (tertiary/aromatic N) is 1. The number of amides is 1. The van der Waals surface area contributed by atoms with Gasteiger partial charge < -0.3 is 18.9 Å². The molecule has 0 atom stereocenters. The minimum atomic E-state index is -0.320. The number of hydrazone groups is 1. The summed E-state index contributed by atoms with van der Waals surface area (Å²) >= 11 is 0. The van der Waals surface area contributed by atoms with Crippen LogP contribution in [0.25, 0.3) is 0 Å². The number of hydrogen-bond donors (Lipinski definition) is 1. The topological polar surface area (TPSA) is 78.4 Å². The van der Waals surface area contributed by atoms with E-state index in [9.17, 15) is 4.79 Å². The van der Waals surface area contributed by atoms with Crippen molar-refractivity contribution in [3.63, 3.8) is 0 Å². The summed E-state index contributed by atoms with van der Waals surface area (Å²) in [5, 5.41) is 4.00. The van der Waals surface area contributed by atoms with Crippen LogP contribution in [0.3, 0.4) is 0 Å². The van der Waals surface area contributed by atoms with Gasteiger partial charge in [0.2, 0.25) is 5.75 Å². The summed E-state index contributed by atoms with van der Waals surface area (Å²) in [6, 6.07) is 10.4. The molecule has 0 radical (unpaired) electrons. The fourth-order valence-corrected chi connectivity index (χ4v) is 2.37. The molecular formula is C21H26N2O5. The Kier molecular flexibility index (Phi) is 7.68. The van der Waals surface area contributed by atoms with Gasteiger partial charge >= 0.3 is 0 Å². The molecule has 0 bridgehead atoms. The standard InChI is InChI=1S/C21H26N2O5/c1-14(2)13-28-17-8-6-16(7-9-17)21(24)23-22-12-15-10-18(25-3)20(27-5)19(11-15)26-4/h6-12,14H,13H2,1-5H3,(H,23,24)/b22-12+. The van der Waals surface area contributed by atoms with Crippen molar-refractivity contribution in [2.75, 3.05) is 27.9 Å². The minimum Gasteiger partial charge on any atom is -0.493 e. The Balaban J connectivity index is 2.03. The molecule has 0 unspecified atom stereocenters. The van der Waals surface area contributed by atoms with E-state index >= 15 is 0 Å². The molecule has 0 spiro atoms. The van der Waals surface area contributed by atoms with Crippen LogP contribution in [0.5, 0.6) is 23.0 Å². The maximum absolute atomic E-state index is 12.2. The maximum Gasteiger partial charge on any atom is 0.271 e. The van der Waals surface area contributed by atoms with E-state index in [1.165, 1.54) is 27.5 Å². The number of ether oxygens (including phenoxy) is 4. The fourth-order valence-electron chi connectivity index (χ4n) is 2.37. The van der Waals surface area contributed by atoms with Gasteiger partial charge in [-0.05, 0) is 42.3 Å². The average Bonchev–Trinajstić information content (AvgIpc) is 2.71. The molecule has 0 saturated carbocycles. The number of carbonyl (C=O) groups is 1. The van der Waals surface area contributed by atoms with Crippen LogP contribution in [0.4, 0.5) is 0 Å². The van der Waals surface area contributed by atoms with Crippen molar-refractivity contribution in [1.82, 2.24) is 5.43 Å². The normalized spacial score (nSPS) is 10.8. The first-order valence-corrected chi connectivity index (χ1v) is 8.84. The van der Waals surface area contributed by atoms with Gasteiger partial charge in [-0.2, -0.15) is 5.10 Å². The lowest BCUT2D eigenvalue weighted by atomic mass is 10.2. The zero-order valence-electron chi connectivity index (χ0n) is 16.8. The monoisotopic (exact) mass is 386 g/mol. The van der Waals surface area contributed by atoms with Crippen LogP contribution < -0.4 is 24.4 Å². The maximum atomic E-state index is 12.2. The predicted octanol–water partition coefficient (Wildman–Crippen LogP) is 3.51. The van der Waals surface area contributed by atoms with E-state index in [4.69, 9.17) is 18.9 Å². The van der Waals surface area contributed by atoms with Gasteiger partial charge in [0.1, 0.15) is 5.75 Å². The molecule has 0 aliphatic rings. The van der Waals surface area contributed by atoms with Crippen molar-refractivity contribution < 1.29 is 23.7 Å². The Bertz CT molecular complexity index is 791. The van der Waals surface area contributed by atoms with Crippen molar-refractivity contribution in [3.05, 3.63) is 47.5 Å². The number of carbonyl (C=O) groups excluding carboxylic acids is 1. The predicted molar refractivity (Wildman–Crippen MR) is 108 cm³/mol. The van der Waals surface area contributed by atoms with E-state index in [0.29, 0.717) is 40.9 Å². The third-order valence-corrected chi connectivity index (χ3v) is 3.77. The minimum absolute atomic E-state index is 0.320. The van der Waals surface area contributed by atoms with E-state index in [-0.39, 0.29) is 5.91 Å². The molecule has 0 aromatic heterocycles. The summed E-state index contributed by atoms with van der Waals surface area (Å²) < 4.78 is 21.5. The third kappa shape index (κ3) is 5.64. The first kappa shape index (κ1) is 21.1. The molecule has 2 aromatic rings. The smallest absolute Gasteiger partial charge is 0.271 e. The van der Waals surface area contributed by atoms with E-state index in [0.717, 1.165) is 5.75 Å². The van der Waals surface area contributed by atoms with Gasteiger partial charge in [-0.3, -0.25) is 4.79 Å². The van der Waals surface area contributed by atoms with Gasteiger partial charge in [-0.25, -0.2) is 5.43 Å². The molecule has 7 nitrogen and oxygen atoms in total. The Morgan fingerprint density at radius 2 is 1.64 bits per heavy atom. The Labute approximate surface area is 165 Å². The molecule has 0 aliphatic carbocycles. The van der Waals surface area contributed by atoms with Crippen LogP contribution >= 0.6 is 0 Å². The van der Waals surface area contributed by atoms with Gasteiger partial charge in [0.25, 0.3) is 5.91 Å². The van der Waals surface area contributed by atoms with Crippen molar-refractivity contribution in [2.45, 2.75) is 13.8 Å².